The lowest BCUT2D eigenvalue weighted by molar-refractivity contribution is 0.194. The Hall–Kier alpha value is -2.57. The number of amides is 2. The van der Waals surface area contributed by atoms with Gasteiger partial charge < -0.3 is 9.64 Å². The quantitative estimate of drug-likeness (QED) is 0.906. The number of pyridine rings is 1. The fourth-order valence-electron chi connectivity index (χ4n) is 2.97. The van der Waals surface area contributed by atoms with E-state index in [0.29, 0.717) is 19.0 Å². The summed E-state index contributed by atoms with van der Waals surface area (Å²) in [5.41, 5.74) is 0.993. The van der Waals surface area contributed by atoms with Gasteiger partial charge in [0.2, 0.25) is 0 Å². The Morgan fingerprint density at radius 2 is 2.32 bits per heavy atom. The summed E-state index contributed by atoms with van der Waals surface area (Å²) in [4.78, 5) is 18.3. The van der Waals surface area contributed by atoms with Gasteiger partial charge in [-0.1, -0.05) is 13.8 Å². The smallest absolute Gasteiger partial charge is 0.323 e. The monoisotopic (exact) mass is 343 g/mol. The van der Waals surface area contributed by atoms with Crippen LogP contribution in [0.1, 0.15) is 26.0 Å². The van der Waals surface area contributed by atoms with Crippen molar-refractivity contribution >= 4 is 11.8 Å². The third-order valence-electron chi connectivity index (χ3n) is 4.15. The molecule has 1 aliphatic heterocycles. The maximum absolute atomic E-state index is 12.5. The van der Waals surface area contributed by atoms with Gasteiger partial charge in [-0.2, -0.15) is 5.10 Å². The molecule has 0 bridgehead atoms. The molecule has 7 heteroatoms. The second-order valence-electron chi connectivity index (χ2n) is 6.84. The zero-order valence-electron chi connectivity index (χ0n) is 15.0. The van der Waals surface area contributed by atoms with Crippen LogP contribution in [0.2, 0.25) is 0 Å². The standard InChI is InChI=1S/C18H25N5O2/c1-13(2)9-14-10-17(22(3)21-14)20-18(24)23-8-6-16(12-23)25-15-5-4-7-19-11-15/h4-5,7,10-11,13,16H,6,8-9,12H2,1-3H3,(H,20,24)/t16-/m0/s1. The van der Waals surface area contributed by atoms with E-state index in [-0.39, 0.29) is 12.1 Å². The first kappa shape index (κ1) is 17.3. The van der Waals surface area contributed by atoms with Crippen molar-refractivity contribution in [2.45, 2.75) is 32.8 Å². The highest BCUT2D eigenvalue weighted by Crippen LogP contribution is 2.19. The number of likely N-dealkylation sites (tertiary alicyclic amines) is 1. The van der Waals surface area contributed by atoms with E-state index in [1.807, 2.05) is 25.2 Å². The second-order valence-corrected chi connectivity index (χ2v) is 6.84. The van der Waals surface area contributed by atoms with E-state index in [4.69, 9.17) is 4.74 Å². The molecular formula is C18H25N5O2. The van der Waals surface area contributed by atoms with Gasteiger partial charge >= 0.3 is 6.03 Å². The normalized spacial score (nSPS) is 17.1. The molecule has 0 aromatic carbocycles. The second kappa shape index (κ2) is 7.55. The highest BCUT2D eigenvalue weighted by molar-refractivity contribution is 5.88. The lowest BCUT2D eigenvalue weighted by Gasteiger charge is -2.17. The maximum Gasteiger partial charge on any atom is 0.323 e. The summed E-state index contributed by atoms with van der Waals surface area (Å²) in [6.07, 6.45) is 5.11. The number of hydrogen-bond donors (Lipinski definition) is 1. The van der Waals surface area contributed by atoms with Crippen molar-refractivity contribution in [2.24, 2.45) is 13.0 Å². The SMILES string of the molecule is CC(C)Cc1cc(NC(=O)N2CC[C@H](Oc3cccnc3)C2)n(C)n1. The van der Waals surface area contributed by atoms with E-state index in [9.17, 15) is 4.79 Å². The molecule has 0 spiro atoms. The van der Waals surface area contributed by atoms with Crippen LogP contribution >= 0.6 is 0 Å². The Labute approximate surface area is 148 Å². The van der Waals surface area contributed by atoms with Crippen molar-refractivity contribution in [2.75, 3.05) is 18.4 Å². The van der Waals surface area contributed by atoms with Crippen molar-refractivity contribution in [3.63, 3.8) is 0 Å². The number of anilines is 1. The van der Waals surface area contributed by atoms with E-state index in [1.165, 1.54) is 0 Å². The molecular weight excluding hydrogens is 318 g/mol. The molecule has 0 saturated carbocycles. The molecule has 2 amide bonds. The molecule has 1 N–H and O–H groups in total. The summed E-state index contributed by atoms with van der Waals surface area (Å²) in [6.45, 7) is 5.55. The average molecular weight is 343 g/mol. The fraction of sp³-hybridized carbons (Fsp3) is 0.500. The van der Waals surface area contributed by atoms with Crippen LogP contribution in [0, 0.1) is 5.92 Å². The molecule has 134 valence electrons. The number of carbonyl (C=O) groups is 1. The van der Waals surface area contributed by atoms with Crippen LogP contribution in [-0.4, -0.2) is 44.9 Å². The van der Waals surface area contributed by atoms with Crippen LogP contribution < -0.4 is 10.1 Å². The lowest BCUT2D eigenvalue weighted by atomic mass is 10.1. The van der Waals surface area contributed by atoms with Gasteiger partial charge in [-0.15, -0.1) is 0 Å². The molecule has 0 unspecified atom stereocenters. The first-order valence-corrected chi connectivity index (χ1v) is 8.67. The Kier molecular flexibility index (Phi) is 5.21. The minimum Gasteiger partial charge on any atom is -0.487 e. The van der Waals surface area contributed by atoms with E-state index in [2.05, 4.69) is 29.2 Å². The van der Waals surface area contributed by atoms with E-state index in [1.54, 1.807) is 22.0 Å². The predicted molar refractivity (Wildman–Crippen MR) is 95.6 cm³/mol. The predicted octanol–water partition coefficient (Wildman–Crippen LogP) is 2.70. The lowest BCUT2D eigenvalue weighted by Crippen LogP contribution is -2.35. The van der Waals surface area contributed by atoms with Crippen LogP contribution in [0.25, 0.3) is 0 Å². The summed E-state index contributed by atoms with van der Waals surface area (Å²) >= 11 is 0. The van der Waals surface area contributed by atoms with Crippen molar-refractivity contribution in [3.8, 4) is 5.75 Å². The van der Waals surface area contributed by atoms with Crippen LogP contribution in [-0.2, 0) is 13.5 Å². The van der Waals surface area contributed by atoms with Gasteiger partial charge in [-0.05, 0) is 24.5 Å². The zero-order chi connectivity index (χ0) is 17.8. The third-order valence-corrected chi connectivity index (χ3v) is 4.15. The summed E-state index contributed by atoms with van der Waals surface area (Å²) in [7, 11) is 1.84. The number of rotatable bonds is 5. The van der Waals surface area contributed by atoms with Gasteiger partial charge in [-0.25, -0.2) is 4.79 Å². The van der Waals surface area contributed by atoms with Gasteiger partial charge in [0.15, 0.2) is 0 Å². The summed E-state index contributed by atoms with van der Waals surface area (Å²) in [5, 5.41) is 7.40. The van der Waals surface area contributed by atoms with Gasteiger partial charge in [0.05, 0.1) is 18.4 Å². The van der Waals surface area contributed by atoms with Crippen molar-refractivity contribution < 1.29 is 9.53 Å². The van der Waals surface area contributed by atoms with Crippen LogP contribution in [0.4, 0.5) is 10.6 Å². The highest BCUT2D eigenvalue weighted by atomic mass is 16.5. The van der Waals surface area contributed by atoms with Crippen molar-refractivity contribution in [1.82, 2.24) is 19.7 Å². The Morgan fingerprint density at radius 1 is 1.48 bits per heavy atom. The topological polar surface area (TPSA) is 72.3 Å². The van der Waals surface area contributed by atoms with Gasteiger partial charge in [0.1, 0.15) is 17.7 Å². The van der Waals surface area contributed by atoms with Gasteiger partial charge in [-0.3, -0.25) is 15.0 Å². The minimum absolute atomic E-state index is 0.00186. The fourth-order valence-corrected chi connectivity index (χ4v) is 2.97. The van der Waals surface area contributed by atoms with Gasteiger partial charge in [0.25, 0.3) is 0 Å². The maximum atomic E-state index is 12.5. The molecule has 0 radical (unpaired) electrons. The molecule has 25 heavy (non-hydrogen) atoms. The molecule has 3 rings (SSSR count). The molecule has 0 aliphatic carbocycles. The number of hydrogen-bond acceptors (Lipinski definition) is 4. The van der Waals surface area contributed by atoms with E-state index < -0.39 is 0 Å². The third kappa shape index (κ3) is 4.49. The van der Waals surface area contributed by atoms with Crippen molar-refractivity contribution in [3.05, 3.63) is 36.3 Å². The van der Waals surface area contributed by atoms with Gasteiger partial charge in [0, 0.05) is 32.3 Å². The minimum atomic E-state index is -0.114. The number of ether oxygens (including phenoxy) is 1. The first-order chi connectivity index (χ1) is 12.0. The van der Waals surface area contributed by atoms with Crippen LogP contribution in [0.3, 0.4) is 0 Å². The number of carbonyl (C=O) groups excluding carboxylic acids is 1. The first-order valence-electron chi connectivity index (χ1n) is 8.67. The Morgan fingerprint density at radius 3 is 3.04 bits per heavy atom. The molecule has 1 aliphatic rings. The molecule has 2 aromatic rings. The molecule has 3 heterocycles. The molecule has 1 saturated heterocycles. The van der Waals surface area contributed by atoms with Crippen LogP contribution in [0.5, 0.6) is 5.75 Å². The molecule has 1 fully saturated rings. The Balaban J connectivity index is 1.55. The molecule has 1 atom stereocenters. The number of aryl methyl sites for hydroxylation is 1. The summed E-state index contributed by atoms with van der Waals surface area (Å²) < 4.78 is 7.59. The largest absolute Gasteiger partial charge is 0.487 e. The number of nitrogens with one attached hydrogen (secondary N) is 1. The molecule has 2 aromatic heterocycles. The number of aromatic nitrogens is 3. The summed E-state index contributed by atoms with van der Waals surface area (Å²) in [5.74, 6) is 1.99. The zero-order valence-corrected chi connectivity index (χ0v) is 15.0. The highest BCUT2D eigenvalue weighted by Gasteiger charge is 2.28. The van der Waals surface area contributed by atoms with Crippen molar-refractivity contribution in [1.29, 1.82) is 0 Å². The molecule has 7 nitrogen and oxygen atoms in total. The summed E-state index contributed by atoms with van der Waals surface area (Å²) in [6, 6.07) is 5.54. The van der Waals surface area contributed by atoms with E-state index in [0.717, 1.165) is 30.1 Å². The van der Waals surface area contributed by atoms with E-state index >= 15 is 0 Å². The van der Waals surface area contributed by atoms with Crippen LogP contribution in [0.15, 0.2) is 30.6 Å². The number of nitrogens with zero attached hydrogens (tertiary/aromatic N) is 4. The Bertz CT molecular complexity index is 714. The average Bonchev–Trinajstić information content (AvgIpc) is 3.15. The number of urea groups is 1.